The number of ether oxygens (including phenoxy) is 4. The van der Waals surface area contributed by atoms with Gasteiger partial charge < -0.3 is 30.0 Å². The number of hydrogen-bond donors (Lipinski definition) is 2. The Balaban J connectivity index is 0.000000175. The molecule has 1 atom stereocenters. The summed E-state index contributed by atoms with van der Waals surface area (Å²) in [5.74, 6) is 2.57. The Morgan fingerprint density at radius 3 is 2.02 bits per heavy atom. The van der Waals surface area contributed by atoms with Crippen LogP contribution in [0, 0.1) is 13.8 Å². The van der Waals surface area contributed by atoms with Crippen LogP contribution in [0.15, 0.2) is 73.1 Å². The van der Waals surface area contributed by atoms with Gasteiger partial charge in [0.15, 0.2) is 28.8 Å². The SMILES string of the molecule is Cc1cc(C(N)C(=O)c2ccc3c(c2)OCCO3)ccn1.Cc1cc(C2=C(c3ccc4c(c3)OCCO4)CC(=O)N2)ccn1.Cl. The summed E-state index contributed by atoms with van der Waals surface area (Å²) in [5, 5.41) is 2.97. The van der Waals surface area contributed by atoms with E-state index in [2.05, 4.69) is 15.3 Å². The Morgan fingerprint density at radius 1 is 0.756 bits per heavy atom. The summed E-state index contributed by atoms with van der Waals surface area (Å²) < 4.78 is 22.1. The number of amides is 1. The molecular formula is C34H33ClN4O6. The average molecular weight is 629 g/mol. The van der Waals surface area contributed by atoms with Crippen molar-refractivity contribution in [3.05, 3.63) is 107 Å². The quantitative estimate of drug-likeness (QED) is 0.292. The number of aryl methyl sites for hydroxylation is 2. The van der Waals surface area contributed by atoms with E-state index in [4.69, 9.17) is 24.7 Å². The molecule has 1 unspecified atom stereocenters. The molecule has 0 spiro atoms. The molecule has 3 N–H and O–H groups in total. The minimum absolute atomic E-state index is 0. The van der Waals surface area contributed by atoms with Gasteiger partial charge in [0, 0.05) is 34.9 Å². The molecule has 1 amide bonds. The zero-order chi connectivity index (χ0) is 30.6. The first-order valence-electron chi connectivity index (χ1n) is 14.3. The molecule has 7 rings (SSSR count). The molecule has 0 saturated heterocycles. The van der Waals surface area contributed by atoms with Gasteiger partial charge in [-0.25, -0.2) is 0 Å². The van der Waals surface area contributed by atoms with Gasteiger partial charge in [-0.05, 0) is 85.1 Å². The van der Waals surface area contributed by atoms with E-state index < -0.39 is 6.04 Å². The summed E-state index contributed by atoms with van der Waals surface area (Å²) in [4.78, 5) is 32.8. The number of Topliss-reactive ketones (excluding diaryl/α,β-unsaturated/α-hetero) is 1. The first kappa shape index (κ1) is 31.5. The molecule has 0 aliphatic carbocycles. The lowest BCUT2D eigenvalue weighted by Crippen LogP contribution is -2.22. The van der Waals surface area contributed by atoms with Gasteiger partial charge in [-0.2, -0.15) is 0 Å². The van der Waals surface area contributed by atoms with Crippen molar-refractivity contribution < 1.29 is 28.5 Å². The van der Waals surface area contributed by atoms with E-state index in [1.807, 2.05) is 50.2 Å². The van der Waals surface area contributed by atoms with Gasteiger partial charge in [-0.3, -0.25) is 19.6 Å². The second kappa shape index (κ2) is 13.8. The van der Waals surface area contributed by atoms with Gasteiger partial charge in [0.25, 0.3) is 0 Å². The lowest BCUT2D eigenvalue weighted by molar-refractivity contribution is -0.118. The van der Waals surface area contributed by atoms with E-state index in [1.54, 1.807) is 36.7 Å². The highest BCUT2D eigenvalue weighted by Crippen LogP contribution is 2.38. The molecule has 5 heterocycles. The van der Waals surface area contributed by atoms with Gasteiger partial charge >= 0.3 is 0 Å². The third kappa shape index (κ3) is 7.08. The first-order chi connectivity index (χ1) is 21.4. The molecular weight excluding hydrogens is 596 g/mol. The second-order valence-corrected chi connectivity index (χ2v) is 10.6. The number of nitrogens with zero attached hydrogens (tertiary/aromatic N) is 2. The van der Waals surface area contributed by atoms with Crippen LogP contribution in [0.3, 0.4) is 0 Å². The predicted octanol–water partition coefficient (Wildman–Crippen LogP) is 5.02. The van der Waals surface area contributed by atoms with Crippen LogP contribution in [0.4, 0.5) is 0 Å². The van der Waals surface area contributed by atoms with Crippen LogP contribution in [-0.2, 0) is 4.79 Å². The molecule has 45 heavy (non-hydrogen) atoms. The lowest BCUT2D eigenvalue weighted by Gasteiger charge is -2.19. The van der Waals surface area contributed by atoms with Gasteiger partial charge in [-0.1, -0.05) is 6.07 Å². The standard InChI is InChI=1S/C18H16N2O3.C16H16N2O3.ClH/c1-11-8-13(4-5-19-11)18-14(10-17(21)20-18)12-2-3-15-16(9-12)23-7-6-22-15;1-10-8-11(4-5-18-10)15(17)16(19)12-2-3-13-14(9-12)21-7-6-20-13;/h2-5,8-9H,6-7,10H2,1H3,(H,20,21);2-5,8-9,15H,6-7,17H2,1H3;1H. The van der Waals surface area contributed by atoms with Crippen molar-refractivity contribution in [2.24, 2.45) is 5.73 Å². The van der Waals surface area contributed by atoms with Crippen molar-refractivity contribution in [3.8, 4) is 23.0 Å². The van der Waals surface area contributed by atoms with Gasteiger partial charge in [0.05, 0.1) is 18.2 Å². The number of fused-ring (bicyclic) bond motifs is 2. The van der Waals surface area contributed by atoms with E-state index in [9.17, 15) is 9.59 Å². The van der Waals surface area contributed by atoms with E-state index in [1.165, 1.54) is 0 Å². The van der Waals surface area contributed by atoms with Crippen molar-refractivity contribution in [3.63, 3.8) is 0 Å². The third-order valence-electron chi connectivity index (χ3n) is 7.37. The summed E-state index contributed by atoms with van der Waals surface area (Å²) in [5.41, 5.74) is 12.8. The minimum Gasteiger partial charge on any atom is -0.486 e. The van der Waals surface area contributed by atoms with Crippen molar-refractivity contribution in [1.29, 1.82) is 0 Å². The number of carbonyl (C=O) groups is 2. The molecule has 3 aliphatic heterocycles. The van der Waals surface area contributed by atoms with E-state index in [0.717, 1.165) is 50.8 Å². The molecule has 0 fully saturated rings. The Hall–Kier alpha value is -4.93. The number of hydrogen-bond acceptors (Lipinski definition) is 9. The summed E-state index contributed by atoms with van der Waals surface area (Å²) in [6.45, 7) is 5.92. The fraction of sp³-hybridized carbons (Fsp3) is 0.235. The molecule has 0 bridgehead atoms. The average Bonchev–Trinajstić information content (AvgIpc) is 3.45. The number of rotatable bonds is 5. The maximum Gasteiger partial charge on any atom is 0.228 e. The summed E-state index contributed by atoms with van der Waals surface area (Å²) >= 11 is 0. The number of ketones is 1. The maximum atomic E-state index is 12.5. The minimum atomic E-state index is -0.714. The normalized spacial score (nSPS) is 15.2. The maximum absolute atomic E-state index is 12.5. The monoisotopic (exact) mass is 628 g/mol. The molecule has 10 nitrogen and oxygen atoms in total. The highest BCUT2D eigenvalue weighted by molar-refractivity contribution is 6.09. The van der Waals surface area contributed by atoms with Crippen LogP contribution in [0.2, 0.25) is 0 Å². The van der Waals surface area contributed by atoms with E-state index in [-0.39, 0.29) is 24.1 Å². The fourth-order valence-electron chi connectivity index (χ4n) is 5.22. The fourth-order valence-corrected chi connectivity index (χ4v) is 5.22. The zero-order valence-corrected chi connectivity index (χ0v) is 25.7. The Labute approximate surface area is 267 Å². The largest absolute Gasteiger partial charge is 0.486 e. The van der Waals surface area contributed by atoms with Gasteiger partial charge in [0.2, 0.25) is 5.91 Å². The molecule has 3 aliphatic rings. The number of benzene rings is 2. The number of pyridine rings is 2. The van der Waals surface area contributed by atoms with Crippen molar-refractivity contribution >= 4 is 35.4 Å². The number of carbonyl (C=O) groups excluding carboxylic acids is 2. The second-order valence-electron chi connectivity index (χ2n) is 10.6. The molecule has 0 saturated carbocycles. The highest BCUT2D eigenvalue weighted by atomic mass is 35.5. The molecule has 232 valence electrons. The molecule has 11 heteroatoms. The Bertz CT molecular complexity index is 1780. The van der Waals surface area contributed by atoms with Gasteiger partial charge in [-0.15, -0.1) is 12.4 Å². The molecule has 0 radical (unpaired) electrons. The summed E-state index contributed by atoms with van der Waals surface area (Å²) in [6, 6.07) is 17.7. The van der Waals surface area contributed by atoms with Gasteiger partial charge in [0.1, 0.15) is 26.4 Å². The van der Waals surface area contributed by atoms with Crippen LogP contribution in [0.1, 0.15) is 50.9 Å². The van der Waals surface area contributed by atoms with E-state index in [0.29, 0.717) is 49.9 Å². The lowest BCUT2D eigenvalue weighted by atomic mass is 9.98. The van der Waals surface area contributed by atoms with Crippen LogP contribution in [-0.4, -0.2) is 48.1 Å². The topological polar surface area (TPSA) is 135 Å². The smallest absolute Gasteiger partial charge is 0.228 e. The highest BCUT2D eigenvalue weighted by Gasteiger charge is 2.25. The molecule has 2 aromatic carbocycles. The number of halogens is 1. The molecule has 2 aromatic heterocycles. The Kier molecular flexibility index (Phi) is 9.65. The van der Waals surface area contributed by atoms with Crippen molar-refractivity contribution in [2.45, 2.75) is 26.3 Å². The van der Waals surface area contributed by atoms with E-state index >= 15 is 0 Å². The number of nitrogens with one attached hydrogen (secondary N) is 1. The van der Waals surface area contributed by atoms with Crippen LogP contribution < -0.4 is 30.0 Å². The summed E-state index contributed by atoms with van der Waals surface area (Å²) in [6.07, 6.45) is 3.77. The van der Waals surface area contributed by atoms with Crippen LogP contribution >= 0.6 is 12.4 Å². The van der Waals surface area contributed by atoms with Crippen LogP contribution in [0.5, 0.6) is 23.0 Å². The third-order valence-corrected chi connectivity index (χ3v) is 7.37. The molecule has 4 aromatic rings. The number of aromatic nitrogens is 2. The zero-order valence-electron chi connectivity index (χ0n) is 24.9. The summed E-state index contributed by atoms with van der Waals surface area (Å²) in [7, 11) is 0. The first-order valence-corrected chi connectivity index (χ1v) is 14.3. The van der Waals surface area contributed by atoms with Crippen molar-refractivity contribution in [1.82, 2.24) is 15.3 Å². The Morgan fingerprint density at radius 2 is 1.36 bits per heavy atom. The predicted molar refractivity (Wildman–Crippen MR) is 171 cm³/mol. The van der Waals surface area contributed by atoms with Crippen molar-refractivity contribution in [2.75, 3.05) is 26.4 Å². The van der Waals surface area contributed by atoms with Crippen LogP contribution in [0.25, 0.3) is 11.3 Å². The number of nitrogens with two attached hydrogens (primary N) is 1.